The van der Waals surface area contributed by atoms with Crippen molar-refractivity contribution in [3.63, 3.8) is 0 Å². The number of nitrogens with zero attached hydrogens (tertiary/aromatic N) is 1. The van der Waals surface area contributed by atoms with Crippen molar-refractivity contribution in [2.45, 2.75) is 11.5 Å². The van der Waals surface area contributed by atoms with Gasteiger partial charge in [0.1, 0.15) is 11.6 Å². The van der Waals surface area contributed by atoms with Crippen LogP contribution in [0, 0.1) is 0 Å². The van der Waals surface area contributed by atoms with E-state index in [4.69, 9.17) is 16.3 Å². The molecule has 1 aromatic heterocycles. The number of rotatable bonds is 5. The topological polar surface area (TPSA) is 73.3 Å². The number of aromatic nitrogens is 1. The third kappa shape index (κ3) is 4.30. The van der Waals surface area contributed by atoms with Crippen molar-refractivity contribution in [1.82, 2.24) is 4.98 Å². The van der Waals surface area contributed by atoms with Crippen LogP contribution >= 0.6 is 22.9 Å². The van der Waals surface area contributed by atoms with Gasteiger partial charge in [-0.2, -0.15) is 0 Å². The molecule has 0 spiro atoms. The van der Waals surface area contributed by atoms with Gasteiger partial charge < -0.3 is 4.74 Å². The first-order valence-corrected chi connectivity index (χ1v) is 10.7. The van der Waals surface area contributed by atoms with E-state index >= 15 is 0 Å². The van der Waals surface area contributed by atoms with Crippen molar-refractivity contribution in [2.75, 3.05) is 6.26 Å². The Bertz CT molecular complexity index is 1050. The van der Waals surface area contributed by atoms with Crippen LogP contribution in [0.2, 0.25) is 5.02 Å². The van der Waals surface area contributed by atoms with Gasteiger partial charge in [0.25, 0.3) is 0 Å². The van der Waals surface area contributed by atoms with Gasteiger partial charge in [0, 0.05) is 17.2 Å². The highest BCUT2D eigenvalue weighted by Gasteiger charge is 2.17. The number of benzene rings is 2. The minimum absolute atomic E-state index is 0.00750. The third-order valence-electron chi connectivity index (χ3n) is 3.51. The summed E-state index contributed by atoms with van der Waals surface area (Å²) >= 11 is 7.45. The highest BCUT2D eigenvalue weighted by molar-refractivity contribution is 7.90. The molecule has 0 fully saturated rings. The maximum Gasteiger partial charge on any atom is 0.340 e. The van der Waals surface area contributed by atoms with Crippen molar-refractivity contribution < 1.29 is 17.9 Å². The molecule has 3 rings (SSSR count). The van der Waals surface area contributed by atoms with Crippen LogP contribution in [0.4, 0.5) is 0 Å². The largest absolute Gasteiger partial charge is 0.456 e. The molecule has 5 nitrogen and oxygen atoms in total. The quantitative estimate of drug-likeness (QED) is 0.592. The van der Waals surface area contributed by atoms with E-state index in [0.717, 1.165) is 16.8 Å². The highest BCUT2D eigenvalue weighted by Crippen LogP contribution is 2.25. The Hall–Kier alpha value is -2.22. The smallest absolute Gasteiger partial charge is 0.340 e. The highest BCUT2D eigenvalue weighted by atomic mass is 35.5. The van der Waals surface area contributed by atoms with Gasteiger partial charge in [0.05, 0.1) is 21.2 Å². The molecule has 0 bridgehead atoms. The average molecular weight is 408 g/mol. The van der Waals surface area contributed by atoms with Gasteiger partial charge in [-0.1, -0.05) is 41.9 Å². The maximum atomic E-state index is 12.3. The van der Waals surface area contributed by atoms with Crippen molar-refractivity contribution in [2.24, 2.45) is 0 Å². The molecule has 1 heterocycles. The first kappa shape index (κ1) is 18.6. The standard InChI is InChI=1S/C18H14ClNO4S2/c1-26(22,23)14-7-8-16(19)15(9-14)18(21)24-10-13-11-25-17(20-13)12-5-3-2-4-6-12/h2-9,11H,10H2,1H3. The first-order valence-electron chi connectivity index (χ1n) is 7.51. The predicted molar refractivity (Wildman–Crippen MR) is 101 cm³/mol. The van der Waals surface area contributed by atoms with E-state index in [1.54, 1.807) is 0 Å². The number of esters is 1. The fourth-order valence-corrected chi connectivity index (χ4v) is 3.85. The van der Waals surface area contributed by atoms with Gasteiger partial charge in [0.15, 0.2) is 9.84 Å². The summed E-state index contributed by atoms with van der Waals surface area (Å²) in [5.74, 6) is -0.699. The Labute approximate surface area is 160 Å². The number of carbonyl (C=O) groups excluding carboxylic acids is 1. The molecule has 2 aromatic carbocycles. The van der Waals surface area contributed by atoms with Crippen molar-refractivity contribution in [3.05, 3.63) is 70.2 Å². The molecular weight excluding hydrogens is 394 g/mol. The monoisotopic (exact) mass is 407 g/mol. The summed E-state index contributed by atoms with van der Waals surface area (Å²) in [6, 6.07) is 13.6. The molecule has 0 aliphatic heterocycles. The Kier molecular flexibility index (Phi) is 5.41. The van der Waals surface area contributed by atoms with E-state index in [0.29, 0.717) is 5.69 Å². The van der Waals surface area contributed by atoms with E-state index in [1.807, 2.05) is 35.7 Å². The van der Waals surface area contributed by atoms with Crippen LogP contribution in [0.5, 0.6) is 0 Å². The Morgan fingerprint density at radius 1 is 1.19 bits per heavy atom. The summed E-state index contributed by atoms with van der Waals surface area (Å²) in [4.78, 5) is 16.7. The zero-order valence-corrected chi connectivity index (χ0v) is 16.1. The van der Waals surface area contributed by atoms with Crippen molar-refractivity contribution >= 4 is 38.7 Å². The third-order valence-corrected chi connectivity index (χ3v) is 5.89. The Balaban J connectivity index is 1.73. The predicted octanol–water partition coefficient (Wildman–Crippen LogP) is 4.22. The summed E-state index contributed by atoms with van der Waals surface area (Å²) in [5, 5.41) is 2.77. The second-order valence-corrected chi connectivity index (χ2v) is 8.78. The average Bonchev–Trinajstić information content (AvgIpc) is 3.09. The summed E-state index contributed by atoms with van der Waals surface area (Å²) in [5.41, 5.74) is 1.60. The van der Waals surface area contributed by atoms with E-state index in [1.165, 1.54) is 29.5 Å². The van der Waals surface area contributed by atoms with Crippen LogP contribution in [0.3, 0.4) is 0 Å². The van der Waals surface area contributed by atoms with Gasteiger partial charge in [-0.05, 0) is 18.2 Å². The van der Waals surface area contributed by atoms with Crippen LogP contribution in [0.15, 0.2) is 58.8 Å². The molecule has 8 heteroatoms. The van der Waals surface area contributed by atoms with Gasteiger partial charge in [0.2, 0.25) is 0 Å². The lowest BCUT2D eigenvalue weighted by Gasteiger charge is -2.07. The van der Waals surface area contributed by atoms with Crippen molar-refractivity contribution in [3.8, 4) is 10.6 Å². The Morgan fingerprint density at radius 3 is 2.62 bits per heavy atom. The number of halogens is 1. The van der Waals surface area contributed by atoms with Gasteiger partial charge in [-0.15, -0.1) is 11.3 Å². The molecule has 0 amide bonds. The number of thiazole rings is 1. The van der Waals surface area contributed by atoms with E-state index in [9.17, 15) is 13.2 Å². The SMILES string of the molecule is CS(=O)(=O)c1ccc(Cl)c(C(=O)OCc2csc(-c3ccccc3)n2)c1. The number of hydrogen-bond donors (Lipinski definition) is 0. The van der Waals surface area contributed by atoms with E-state index in [-0.39, 0.29) is 22.1 Å². The normalized spacial score (nSPS) is 11.3. The fourth-order valence-electron chi connectivity index (χ4n) is 2.20. The fraction of sp³-hybridized carbons (Fsp3) is 0.111. The van der Waals surface area contributed by atoms with Crippen LogP contribution < -0.4 is 0 Å². The molecular formula is C18H14ClNO4S2. The molecule has 0 aliphatic rings. The minimum atomic E-state index is -3.45. The maximum absolute atomic E-state index is 12.3. The molecule has 0 saturated carbocycles. The molecule has 0 aliphatic carbocycles. The van der Waals surface area contributed by atoms with Crippen LogP contribution in [-0.4, -0.2) is 25.6 Å². The van der Waals surface area contributed by atoms with Crippen molar-refractivity contribution in [1.29, 1.82) is 0 Å². The number of hydrogen-bond acceptors (Lipinski definition) is 6. The summed E-state index contributed by atoms with van der Waals surface area (Å²) in [6.45, 7) is -0.0262. The van der Waals surface area contributed by atoms with Crippen LogP contribution in [0.1, 0.15) is 16.1 Å². The number of sulfone groups is 1. The lowest BCUT2D eigenvalue weighted by atomic mass is 10.2. The molecule has 134 valence electrons. The first-order chi connectivity index (χ1) is 12.3. The molecule has 0 radical (unpaired) electrons. The zero-order chi connectivity index (χ0) is 18.7. The number of ether oxygens (including phenoxy) is 1. The van der Waals surface area contributed by atoms with Gasteiger partial charge in [-0.3, -0.25) is 0 Å². The lowest BCUT2D eigenvalue weighted by Crippen LogP contribution is -2.08. The molecule has 0 atom stereocenters. The molecule has 0 unspecified atom stereocenters. The number of carbonyl (C=O) groups is 1. The zero-order valence-electron chi connectivity index (χ0n) is 13.7. The Morgan fingerprint density at radius 2 is 1.92 bits per heavy atom. The molecule has 3 aromatic rings. The lowest BCUT2D eigenvalue weighted by molar-refractivity contribution is 0.0468. The van der Waals surface area contributed by atoms with E-state index in [2.05, 4.69) is 4.98 Å². The summed E-state index contributed by atoms with van der Waals surface area (Å²) < 4.78 is 28.5. The van der Waals surface area contributed by atoms with Crippen LogP contribution in [-0.2, 0) is 21.2 Å². The minimum Gasteiger partial charge on any atom is -0.456 e. The summed E-state index contributed by atoms with van der Waals surface area (Å²) in [7, 11) is -3.45. The van der Waals surface area contributed by atoms with Gasteiger partial charge >= 0.3 is 5.97 Å². The summed E-state index contributed by atoms with van der Waals surface area (Å²) in [6.07, 6.45) is 1.06. The molecule has 0 N–H and O–H groups in total. The second-order valence-electron chi connectivity index (χ2n) is 5.50. The van der Waals surface area contributed by atoms with Gasteiger partial charge in [-0.25, -0.2) is 18.2 Å². The molecule has 0 saturated heterocycles. The second kappa shape index (κ2) is 7.57. The molecule has 26 heavy (non-hydrogen) atoms. The van der Waals surface area contributed by atoms with E-state index < -0.39 is 15.8 Å². The van der Waals surface area contributed by atoms with Crippen LogP contribution in [0.25, 0.3) is 10.6 Å².